The lowest BCUT2D eigenvalue weighted by molar-refractivity contribution is 0.0694. The SMILES string of the molecule is Cc1c(F)cc2c(=O)c(C(=O)O)cn3c2c1OCC3C. The van der Waals surface area contributed by atoms with Crippen molar-refractivity contribution in [3.05, 3.63) is 39.4 Å². The third-order valence-corrected chi connectivity index (χ3v) is 3.63. The molecule has 1 aromatic carbocycles. The molecular formula is C14H12FNO4. The summed E-state index contributed by atoms with van der Waals surface area (Å²) in [5.74, 6) is -1.58. The predicted octanol–water partition coefficient (Wildman–Crippen LogP) is 2.10. The highest BCUT2D eigenvalue weighted by atomic mass is 19.1. The van der Waals surface area contributed by atoms with E-state index in [1.54, 1.807) is 11.5 Å². The van der Waals surface area contributed by atoms with Gasteiger partial charge in [-0.25, -0.2) is 9.18 Å². The van der Waals surface area contributed by atoms with Gasteiger partial charge in [-0.15, -0.1) is 0 Å². The first-order valence-electron chi connectivity index (χ1n) is 6.16. The second-order valence-corrected chi connectivity index (χ2v) is 4.95. The normalized spacial score (nSPS) is 17.1. The fourth-order valence-corrected chi connectivity index (χ4v) is 2.51. The number of halogens is 1. The van der Waals surface area contributed by atoms with Crippen molar-refractivity contribution in [2.45, 2.75) is 19.9 Å². The summed E-state index contributed by atoms with van der Waals surface area (Å²) < 4.78 is 21.1. The summed E-state index contributed by atoms with van der Waals surface area (Å²) in [4.78, 5) is 23.3. The molecule has 20 heavy (non-hydrogen) atoms. The maximum Gasteiger partial charge on any atom is 0.341 e. The van der Waals surface area contributed by atoms with Crippen LogP contribution >= 0.6 is 0 Å². The minimum absolute atomic E-state index is 0.0366. The zero-order chi connectivity index (χ0) is 14.6. The molecule has 0 saturated carbocycles. The van der Waals surface area contributed by atoms with E-state index >= 15 is 0 Å². The van der Waals surface area contributed by atoms with Crippen molar-refractivity contribution in [2.24, 2.45) is 0 Å². The molecule has 0 bridgehead atoms. The minimum Gasteiger partial charge on any atom is -0.489 e. The van der Waals surface area contributed by atoms with Gasteiger partial charge in [0, 0.05) is 11.8 Å². The Bertz CT molecular complexity index is 809. The van der Waals surface area contributed by atoms with Crippen LogP contribution < -0.4 is 10.2 Å². The summed E-state index contributed by atoms with van der Waals surface area (Å²) in [6.45, 7) is 3.71. The van der Waals surface area contributed by atoms with Crippen LogP contribution in [0.2, 0.25) is 0 Å². The summed E-state index contributed by atoms with van der Waals surface area (Å²) in [7, 11) is 0. The van der Waals surface area contributed by atoms with Crippen molar-refractivity contribution >= 4 is 16.9 Å². The van der Waals surface area contributed by atoms with Crippen LogP contribution in [0, 0.1) is 12.7 Å². The monoisotopic (exact) mass is 277 g/mol. The third kappa shape index (κ3) is 1.54. The van der Waals surface area contributed by atoms with Crippen molar-refractivity contribution in [3.8, 4) is 5.75 Å². The molecule has 5 nitrogen and oxygen atoms in total. The molecule has 1 unspecified atom stereocenters. The molecule has 0 radical (unpaired) electrons. The standard InChI is InChI=1S/C14H12FNO4/c1-6-5-20-13-7(2)10(15)3-8-11(13)16(6)4-9(12(8)17)14(18)19/h3-4,6H,5H2,1-2H3,(H,18,19). The molecule has 0 amide bonds. The Morgan fingerprint density at radius 1 is 1.55 bits per heavy atom. The molecule has 1 atom stereocenters. The van der Waals surface area contributed by atoms with Crippen molar-refractivity contribution in [3.63, 3.8) is 0 Å². The Balaban J connectivity index is 2.57. The number of benzene rings is 1. The maximum atomic E-state index is 13.9. The van der Waals surface area contributed by atoms with Gasteiger partial charge in [-0.3, -0.25) is 4.79 Å². The van der Waals surface area contributed by atoms with Crippen LogP contribution in [0.15, 0.2) is 17.1 Å². The van der Waals surface area contributed by atoms with Crippen molar-refractivity contribution in [1.82, 2.24) is 4.57 Å². The van der Waals surface area contributed by atoms with Gasteiger partial charge in [-0.05, 0) is 19.9 Å². The number of ether oxygens (including phenoxy) is 1. The Hall–Kier alpha value is -2.37. The number of aromatic carboxylic acids is 1. The summed E-state index contributed by atoms with van der Waals surface area (Å²) >= 11 is 0. The molecular weight excluding hydrogens is 265 g/mol. The molecule has 1 N–H and O–H groups in total. The average Bonchev–Trinajstić information content (AvgIpc) is 2.39. The Morgan fingerprint density at radius 2 is 2.25 bits per heavy atom. The van der Waals surface area contributed by atoms with Gasteiger partial charge < -0.3 is 14.4 Å². The lowest BCUT2D eigenvalue weighted by atomic mass is 10.0. The van der Waals surface area contributed by atoms with E-state index in [1.165, 1.54) is 6.20 Å². The molecule has 2 aromatic rings. The number of carbonyl (C=O) groups is 1. The second kappa shape index (κ2) is 4.06. The van der Waals surface area contributed by atoms with Gasteiger partial charge in [0.05, 0.1) is 16.9 Å². The van der Waals surface area contributed by atoms with Crippen molar-refractivity contribution < 1.29 is 19.0 Å². The lowest BCUT2D eigenvalue weighted by Gasteiger charge is -2.28. The number of rotatable bonds is 1. The molecule has 3 rings (SSSR count). The number of hydrogen-bond acceptors (Lipinski definition) is 3. The van der Waals surface area contributed by atoms with Gasteiger partial charge in [0.25, 0.3) is 0 Å². The molecule has 2 heterocycles. The summed E-state index contributed by atoms with van der Waals surface area (Å²) in [5.41, 5.74) is -0.277. The molecule has 1 aliphatic rings. The predicted molar refractivity (Wildman–Crippen MR) is 70.1 cm³/mol. The van der Waals surface area contributed by atoms with E-state index in [0.717, 1.165) is 6.07 Å². The number of carboxylic acids is 1. The van der Waals surface area contributed by atoms with Crippen LogP contribution in [0.4, 0.5) is 4.39 Å². The molecule has 1 aromatic heterocycles. The fourth-order valence-electron chi connectivity index (χ4n) is 2.51. The number of carboxylic acid groups (broad SMARTS) is 1. The Kier molecular flexibility index (Phi) is 2.57. The van der Waals surface area contributed by atoms with Gasteiger partial charge >= 0.3 is 5.97 Å². The van der Waals surface area contributed by atoms with E-state index in [2.05, 4.69) is 0 Å². The number of hydrogen-bond donors (Lipinski definition) is 1. The fraction of sp³-hybridized carbons (Fsp3) is 0.286. The zero-order valence-electron chi connectivity index (χ0n) is 10.9. The molecule has 0 saturated heterocycles. The third-order valence-electron chi connectivity index (χ3n) is 3.63. The van der Waals surface area contributed by atoms with Crippen LogP contribution in [0.1, 0.15) is 28.9 Å². The Morgan fingerprint density at radius 3 is 2.90 bits per heavy atom. The summed E-state index contributed by atoms with van der Waals surface area (Å²) in [6.07, 6.45) is 1.31. The smallest absolute Gasteiger partial charge is 0.341 e. The van der Waals surface area contributed by atoms with Crippen LogP contribution in [0.3, 0.4) is 0 Å². The molecule has 1 aliphatic heterocycles. The summed E-state index contributed by atoms with van der Waals surface area (Å²) in [6, 6.07) is 0.953. The highest BCUT2D eigenvalue weighted by molar-refractivity contribution is 5.95. The maximum absolute atomic E-state index is 13.9. The lowest BCUT2D eigenvalue weighted by Crippen LogP contribution is -2.27. The quantitative estimate of drug-likeness (QED) is 0.866. The second-order valence-electron chi connectivity index (χ2n) is 4.95. The van der Waals surface area contributed by atoms with Gasteiger partial charge in [0.15, 0.2) is 0 Å². The van der Waals surface area contributed by atoms with E-state index in [0.29, 0.717) is 23.4 Å². The van der Waals surface area contributed by atoms with Gasteiger partial charge in [-0.2, -0.15) is 0 Å². The van der Waals surface area contributed by atoms with Crippen molar-refractivity contribution in [1.29, 1.82) is 0 Å². The minimum atomic E-state index is -1.32. The Labute approximate surface area is 113 Å². The zero-order valence-corrected chi connectivity index (χ0v) is 10.9. The first kappa shape index (κ1) is 12.7. The van der Waals surface area contributed by atoms with E-state index < -0.39 is 17.2 Å². The first-order chi connectivity index (χ1) is 9.41. The summed E-state index contributed by atoms with van der Waals surface area (Å²) in [5, 5.41) is 9.14. The highest BCUT2D eigenvalue weighted by Gasteiger charge is 2.26. The topological polar surface area (TPSA) is 68.5 Å². The first-order valence-corrected chi connectivity index (χ1v) is 6.16. The van der Waals surface area contributed by atoms with Crippen molar-refractivity contribution in [2.75, 3.05) is 6.61 Å². The van der Waals surface area contributed by atoms with Crippen LogP contribution in [-0.4, -0.2) is 22.2 Å². The van der Waals surface area contributed by atoms with Crippen LogP contribution in [0.25, 0.3) is 10.9 Å². The highest BCUT2D eigenvalue weighted by Crippen LogP contribution is 2.35. The number of nitrogens with zero attached hydrogens (tertiary/aromatic N) is 1. The molecule has 104 valence electrons. The van der Waals surface area contributed by atoms with Crippen LogP contribution in [0.5, 0.6) is 5.75 Å². The van der Waals surface area contributed by atoms with E-state index in [9.17, 15) is 14.0 Å². The average molecular weight is 277 g/mol. The molecule has 0 spiro atoms. The van der Waals surface area contributed by atoms with E-state index in [-0.39, 0.29) is 17.0 Å². The van der Waals surface area contributed by atoms with Gasteiger partial charge in [0.2, 0.25) is 5.43 Å². The number of aromatic nitrogens is 1. The van der Waals surface area contributed by atoms with Gasteiger partial charge in [0.1, 0.15) is 23.7 Å². The largest absolute Gasteiger partial charge is 0.489 e. The van der Waals surface area contributed by atoms with Gasteiger partial charge in [-0.1, -0.05) is 0 Å². The van der Waals surface area contributed by atoms with E-state index in [4.69, 9.17) is 9.84 Å². The van der Waals surface area contributed by atoms with Crippen LogP contribution in [-0.2, 0) is 0 Å². The molecule has 6 heteroatoms. The molecule has 0 fully saturated rings. The van der Waals surface area contributed by atoms with E-state index in [1.807, 2.05) is 6.92 Å². The number of pyridine rings is 1. The molecule has 0 aliphatic carbocycles.